The van der Waals surface area contributed by atoms with E-state index < -0.39 is 20.0 Å². The molecule has 9 nitrogen and oxygen atoms in total. The average molecular weight is 696 g/mol. The molecule has 2 unspecified atom stereocenters. The molecular formula is C37H54ClN5O4Si. The monoisotopic (exact) mass is 695 g/mol. The second kappa shape index (κ2) is 14.7. The molecule has 4 atom stereocenters. The van der Waals surface area contributed by atoms with Crippen LogP contribution in [0.4, 0.5) is 4.79 Å². The Kier molecular flexibility index (Phi) is 11.5. The number of pyridine rings is 1. The molecule has 1 fully saturated rings. The first-order valence-corrected chi connectivity index (χ1v) is 20.3. The van der Waals surface area contributed by atoms with E-state index in [0.717, 1.165) is 41.8 Å². The quantitative estimate of drug-likeness (QED) is 0.168. The molecule has 1 aliphatic rings. The molecule has 3 heterocycles. The lowest BCUT2D eigenvalue weighted by molar-refractivity contribution is -0.00244. The second-order valence-electron chi connectivity index (χ2n) is 15.6. The Labute approximate surface area is 292 Å². The molecule has 2 amide bonds. The Morgan fingerprint density at radius 3 is 2.27 bits per heavy atom. The van der Waals surface area contributed by atoms with Gasteiger partial charge in [0, 0.05) is 30.4 Å². The lowest BCUT2D eigenvalue weighted by Gasteiger charge is -2.43. The SMILES string of the molecule is CCC(c1cc(C)n[nH]1)N(C)C(=O)c1ccc(CC2CC[C@H]([C@H](O[Si](C)(C)C(C)(C)C)c3ccc(Cl)nc3)N2C(=O)OC(C)(C)C)cc1. The summed E-state index contributed by atoms with van der Waals surface area (Å²) in [4.78, 5) is 35.6. The van der Waals surface area contributed by atoms with E-state index in [1.165, 1.54) is 0 Å². The summed E-state index contributed by atoms with van der Waals surface area (Å²) in [6.45, 7) is 20.8. The molecule has 0 spiro atoms. The van der Waals surface area contributed by atoms with E-state index in [4.69, 9.17) is 20.8 Å². The van der Waals surface area contributed by atoms with Gasteiger partial charge in [-0.3, -0.25) is 14.8 Å². The van der Waals surface area contributed by atoms with Crippen molar-refractivity contribution >= 4 is 31.9 Å². The minimum atomic E-state index is -2.28. The third kappa shape index (κ3) is 8.87. The molecule has 0 bridgehead atoms. The van der Waals surface area contributed by atoms with Crippen LogP contribution in [-0.4, -0.2) is 70.0 Å². The highest BCUT2D eigenvalue weighted by atomic mass is 35.5. The van der Waals surface area contributed by atoms with E-state index in [9.17, 15) is 9.59 Å². The third-order valence-corrected chi connectivity index (χ3v) is 14.4. The van der Waals surface area contributed by atoms with Crippen molar-refractivity contribution in [3.8, 4) is 0 Å². The summed E-state index contributed by atoms with van der Waals surface area (Å²) in [5.41, 5.74) is 3.70. The normalized spacial score (nSPS) is 18.5. The number of aromatic amines is 1. The third-order valence-electron chi connectivity index (χ3n) is 9.74. The summed E-state index contributed by atoms with van der Waals surface area (Å²) in [7, 11) is -0.448. The average Bonchev–Trinajstić information content (AvgIpc) is 3.61. The first-order chi connectivity index (χ1) is 22.3. The maximum Gasteiger partial charge on any atom is 0.410 e. The Morgan fingerprint density at radius 2 is 1.75 bits per heavy atom. The van der Waals surface area contributed by atoms with E-state index >= 15 is 0 Å². The highest BCUT2D eigenvalue weighted by Crippen LogP contribution is 2.44. The van der Waals surface area contributed by atoms with Gasteiger partial charge in [-0.15, -0.1) is 0 Å². The van der Waals surface area contributed by atoms with E-state index in [-0.39, 0.29) is 35.2 Å². The topological polar surface area (TPSA) is 101 Å². The fourth-order valence-corrected chi connectivity index (χ4v) is 7.54. The number of ether oxygens (including phenoxy) is 1. The zero-order valence-corrected chi connectivity index (χ0v) is 32.3. The molecule has 11 heteroatoms. The maximum atomic E-state index is 14.0. The molecular weight excluding hydrogens is 642 g/mol. The van der Waals surface area contributed by atoms with Crippen molar-refractivity contribution < 1.29 is 18.8 Å². The van der Waals surface area contributed by atoms with Crippen molar-refractivity contribution in [1.29, 1.82) is 0 Å². The van der Waals surface area contributed by atoms with Gasteiger partial charge in [-0.25, -0.2) is 9.78 Å². The lowest BCUT2D eigenvalue weighted by atomic mass is 10.0. The molecule has 4 rings (SSSR count). The van der Waals surface area contributed by atoms with E-state index in [1.54, 1.807) is 17.2 Å². The molecule has 3 aromatic rings. The maximum absolute atomic E-state index is 14.0. The van der Waals surface area contributed by atoms with Gasteiger partial charge in [0.15, 0.2) is 8.32 Å². The summed E-state index contributed by atoms with van der Waals surface area (Å²) in [6, 6.07) is 13.0. The summed E-state index contributed by atoms with van der Waals surface area (Å²) >= 11 is 6.19. The van der Waals surface area contributed by atoms with Crippen LogP contribution in [0.15, 0.2) is 48.7 Å². The number of nitrogens with one attached hydrogen (secondary N) is 1. The summed E-state index contributed by atoms with van der Waals surface area (Å²) in [5.74, 6) is -0.0563. The van der Waals surface area contributed by atoms with Crippen LogP contribution in [0.3, 0.4) is 0 Å². The minimum absolute atomic E-state index is 0.0401. The molecule has 48 heavy (non-hydrogen) atoms. The number of likely N-dealkylation sites (tertiary alicyclic amines) is 1. The van der Waals surface area contributed by atoms with Gasteiger partial charge in [0.1, 0.15) is 10.8 Å². The Morgan fingerprint density at radius 1 is 1.08 bits per heavy atom. The van der Waals surface area contributed by atoms with Crippen LogP contribution in [0.2, 0.25) is 23.3 Å². The Balaban J connectivity index is 1.61. The van der Waals surface area contributed by atoms with Crippen LogP contribution < -0.4 is 0 Å². The predicted molar refractivity (Wildman–Crippen MR) is 194 cm³/mol. The number of rotatable bonds is 10. The van der Waals surface area contributed by atoms with Gasteiger partial charge >= 0.3 is 6.09 Å². The van der Waals surface area contributed by atoms with Crippen LogP contribution in [0, 0.1) is 6.92 Å². The fraction of sp³-hybridized carbons (Fsp3) is 0.568. The molecule has 1 aliphatic heterocycles. The highest BCUT2D eigenvalue weighted by molar-refractivity contribution is 6.74. The number of aromatic nitrogens is 3. The second-order valence-corrected chi connectivity index (χ2v) is 20.7. The van der Waals surface area contributed by atoms with E-state index in [2.05, 4.69) is 56.0 Å². The first kappa shape index (κ1) is 37.6. The number of aryl methyl sites for hydroxylation is 1. The minimum Gasteiger partial charge on any atom is -0.444 e. The molecule has 262 valence electrons. The van der Waals surface area contributed by atoms with E-state index in [0.29, 0.717) is 17.1 Å². The standard InChI is InChI=1S/C37H54ClN5O4Si/c1-12-30(29-21-24(2)40-41-29)42(9)34(44)26-15-13-25(14-16-26)22-28-18-19-31(43(28)35(45)46-36(3,4)5)33(27-17-20-32(38)39-23-27)47-48(10,11)37(6,7)8/h13-17,20-21,23,28,30-31,33H,12,18-19,22H2,1-11H3,(H,40,41)/t28?,30?,31-,33-/m1/s1. The van der Waals surface area contributed by atoms with Gasteiger partial charge in [0.2, 0.25) is 0 Å². The van der Waals surface area contributed by atoms with Gasteiger partial charge < -0.3 is 14.1 Å². The van der Waals surface area contributed by atoms with Gasteiger partial charge in [0.05, 0.1) is 29.6 Å². The first-order valence-electron chi connectivity index (χ1n) is 17.0. The van der Waals surface area contributed by atoms with Crippen molar-refractivity contribution in [2.45, 2.75) is 129 Å². The highest BCUT2D eigenvalue weighted by Gasteiger charge is 2.48. The van der Waals surface area contributed by atoms with Crippen molar-refractivity contribution in [2.24, 2.45) is 0 Å². The van der Waals surface area contributed by atoms with Gasteiger partial charge in [-0.05, 0) is 101 Å². The smallest absolute Gasteiger partial charge is 0.410 e. The largest absolute Gasteiger partial charge is 0.444 e. The van der Waals surface area contributed by atoms with Crippen LogP contribution in [-0.2, 0) is 15.6 Å². The number of amides is 2. The van der Waals surface area contributed by atoms with Crippen LogP contribution >= 0.6 is 11.6 Å². The molecule has 0 radical (unpaired) electrons. The number of halogens is 1. The molecule has 1 N–H and O–H groups in total. The van der Waals surface area contributed by atoms with Crippen LogP contribution in [0.25, 0.3) is 0 Å². The molecule has 0 aliphatic carbocycles. The Hall–Kier alpha value is -3.21. The summed E-state index contributed by atoms with van der Waals surface area (Å²) in [5, 5.41) is 7.68. The lowest BCUT2D eigenvalue weighted by Crippen LogP contribution is -2.50. The zero-order chi connectivity index (χ0) is 35.6. The van der Waals surface area contributed by atoms with Crippen molar-refractivity contribution in [3.05, 3.63) is 81.9 Å². The van der Waals surface area contributed by atoms with Crippen LogP contribution in [0.1, 0.15) is 113 Å². The van der Waals surface area contributed by atoms with E-state index in [1.807, 2.05) is 76.0 Å². The van der Waals surface area contributed by atoms with Gasteiger partial charge in [0.25, 0.3) is 5.91 Å². The summed E-state index contributed by atoms with van der Waals surface area (Å²) < 4.78 is 13.1. The van der Waals surface area contributed by atoms with Crippen molar-refractivity contribution in [3.63, 3.8) is 0 Å². The summed E-state index contributed by atoms with van der Waals surface area (Å²) in [6.07, 6.45) is 3.94. The fourth-order valence-electron chi connectivity index (χ4n) is 6.14. The predicted octanol–water partition coefficient (Wildman–Crippen LogP) is 9.06. The molecule has 1 saturated heterocycles. The number of nitrogens with zero attached hydrogens (tertiary/aromatic N) is 4. The number of carbonyl (C=O) groups is 2. The van der Waals surface area contributed by atoms with Crippen molar-refractivity contribution in [2.75, 3.05) is 7.05 Å². The number of carbonyl (C=O) groups excluding carboxylic acids is 2. The number of benzene rings is 1. The molecule has 1 aromatic carbocycles. The number of hydrogen-bond donors (Lipinski definition) is 1. The molecule has 0 saturated carbocycles. The molecule has 2 aromatic heterocycles. The number of H-pyrrole nitrogens is 1. The van der Waals surface area contributed by atoms with Gasteiger partial charge in [-0.1, -0.05) is 57.5 Å². The Bertz CT molecular complexity index is 1550. The zero-order valence-electron chi connectivity index (χ0n) is 30.6. The van der Waals surface area contributed by atoms with Crippen molar-refractivity contribution in [1.82, 2.24) is 25.0 Å². The number of hydrogen-bond acceptors (Lipinski definition) is 6. The van der Waals surface area contributed by atoms with Gasteiger partial charge in [-0.2, -0.15) is 5.10 Å². The van der Waals surface area contributed by atoms with Crippen LogP contribution in [0.5, 0.6) is 0 Å².